The first kappa shape index (κ1) is 25.2. The van der Waals surface area contributed by atoms with Crippen molar-refractivity contribution in [2.75, 3.05) is 33.8 Å². The summed E-state index contributed by atoms with van der Waals surface area (Å²) in [6, 6.07) is 16.9. The maximum absolute atomic E-state index is 5.21. The van der Waals surface area contributed by atoms with Crippen LogP contribution in [0, 0.1) is 0 Å². The van der Waals surface area contributed by atoms with Crippen LogP contribution in [0.25, 0.3) is 0 Å². The van der Waals surface area contributed by atoms with Crippen molar-refractivity contribution in [1.82, 2.24) is 15.5 Å². The van der Waals surface area contributed by atoms with Gasteiger partial charge in [0.25, 0.3) is 0 Å². The largest absolute Gasteiger partial charge is 0.497 e. The number of benzene rings is 2. The van der Waals surface area contributed by atoms with E-state index in [0.717, 1.165) is 44.3 Å². The number of ether oxygens (including phenoxy) is 1. The lowest BCUT2D eigenvalue weighted by Crippen LogP contribution is -2.38. The van der Waals surface area contributed by atoms with E-state index in [4.69, 9.17) is 9.73 Å². The molecule has 160 valence electrons. The van der Waals surface area contributed by atoms with Crippen LogP contribution >= 0.6 is 24.0 Å². The van der Waals surface area contributed by atoms with Gasteiger partial charge in [-0.1, -0.05) is 43.3 Å². The van der Waals surface area contributed by atoms with Crippen molar-refractivity contribution in [2.45, 2.75) is 33.4 Å². The molecule has 29 heavy (non-hydrogen) atoms. The van der Waals surface area contributed by atoms with E-state index in [2.05, 4.69) is 72.8 Å². The highest BCUT2D eigenvalue weighted by molar-refractivity contribution is 14.0. The molecule has 0 fully saturated rings. The Bertz CT molecular complexity index is 734. The lowest BCUT2D eigenvalue weighted by atomic mass is 10.1. The molecule has 0 amide bonds. The molecule has 0 aromatic heterocycles. The number of hydrogen-bond acceptors (Lipinski definition) is 3. The van der Waals surface area contributed by atoms with Crippen LogP contribution in [0.5, 0.6) is 5.75 Å². The maximum Gasteiger partial charge on any atom is 0.191 e. The summed E-state index contributed by atoms with van der Waals surface area (Å²) in [5.74, 6) is 1.74. The molecule has 6 heteroatoms. The highest BCUT2D eigenvalue weighted by atomic mass is 127. The average molecular weight is 510 g/mol. The summed E-state index contributed by atoms with van der Waals surface area (Å²) in [4.78, 5) is 7.04. The standard InChI is InChI=1S/C23H34N4O.HI/c1-5-24-23(25-15-14-19-10-12-22(28-4)13-11-19)26-17-20-8-7-9-21(16-20)18-27(3)6-2;/h7-13,16H,5-6,14-15,17-18H2,1-4H3,(H2,24,25,26);1H. The van der Waals surface area contributed by atoms with Crippen molar-refractivity contribution >= 4 is 29.9 Å². The molecule has 0 aliphatic carbocycles. The average Bonchev–Trinajstić information content (AvgIpc) is 2.72. The SMILES string of the molecule is CCNC(=NCc1cccc(CN(C)CC)c1)NCCc1ccc(OC)cc1.I. The van der Waals surface area contributed by atoms with E-state index in [1.807, 2.05) is 12.1 Å². The van der Waals surface area contributed by atoms with Gasteiger partial charge in [0.05, 0.1) is 13.7 Å². The van der Waals surface area contributed by atoms with Crippen LogP contribution in [0.15, 0.2) is 53.5 Å². The van der Waals surface area contributed by atoms with E-state index in [9.17, 15) is 0 Å². The molecule has 0 bridgehead atoms. The smallest absolute Gasteiger partial charge is 0.191 e. The summed E-state index contributed by atoms with van der Waals surface area (Å²) < 4.78 is 5.21. The summed E-state index contributed by atoms with van der Waals surface area (Å²) in [6.45, 7) is 8.62. The van der Waals surface area contributed by atoms with E-state index in [1.165, 1.54) is 16.7 Å². The molecule has 2 aromatic carbocycles. The first-order valence-electron chi connectivity index (χ1n) is 10.1. The third kappa shape index (κ3) is 9.49. The molecule has 2 aromatic rings. The van der Waals surface area contributed by atoms with Crippen LogP contribution in [0.1, 0.15) is 30.5 Å². The zero-order chi connectivity index (χ0) is 20.2. The van der Waals surface area contributed by atoms with E-state index in [-0.39, 0.29) is 24.0 Å². The van der Waals surface area contributed by atoms with Crippen LogP contribution in [-0.2, 0) is 19.5 Å². The predicted molar refractivity (Wildman–Crippen MR) is 133 cm³/mol. The zero-order valence-corrected chi connectivity index (χ0v) is 20.4. The second-order valence-electron chi connectivity index (χ2n) is 6.87. The molecular formula is C23H35IN4O. The van der Waals surface area contributed by atoms with E-state index >= 15 is 0 Å². The molecule has 0 saturated carbocycles. The van der Waals surface area contributed by atoms with Gasteiger partial charge in [-0.3, -0.25) is 0 Å². The molecule has 0 aliphatic rings. The fourth-order valence-corrected chi connectivity index (χ4v) is 2.88. The summed E-state index contributed by atoms with van der Waals surface area (Å²) in [7, 11) is 3.83. The number of halogens is 1. The van der Waals surface area contributed by atoms with Gasteiger partial charge in [0.2, 0.25) is 0 Å². The van der Waals surface area contributed by atoms with Crippen molar-refractivity contribution in [3.63, 3.8) is 0 Å². The monoisotopic (exact) mass is 510 g/mol. The van der Waals surface area contributed by atoms with Crippen LogP contribution in [0.2, 0.25) is 0 Å². The van der Waals surface area contributed by atoms with Gasteiger partial charge in [-0.25, -0.2) is 4.99 Å². The fourth-order valence-electron chi connectivity index (χ4n) is 2.88. The van der Waals surface area contributed by atoms with Gasteiger partial charge in [-0.2, -0.15) is 0 Å². The van der Waals surface area contributed by atoms with Gasteiger partial charge in [-0.15, -0.1) is 24.0 Å². The summed E-state index contributed by atoms with van der Waals surface area (Å²) in [5.41, 5.74) is 3.83. The molecular weight excluding hydrogens is 475 g/mol. The minimum Gasteiger partial charge on any atom is -0.497 e. The van der Waals surface area contributed by atoms with Crippen LogP contribution in [0.4, 0.5) is 0 Å². The lowest BCUT2D eigenvalue weighted by molar-refractivity contribution is 0.345. The number of methoxy groups -OCH3 is 1. The lowest BCUT2D eigenvalue weighted by Gasteiger charge is -2.14. The van der Waals surface area contributed by atoms with Gasteiger partial charge >= 0.3 is 0 Å². The zero-order valence-electron chi connectivity index (χ0n) is 18.1. The second-order valence-corrected chi connectivity index (χ2v) is 6.87. The topological polar surface area (TPSA) is 48.9 Å². The van der Waals surface area contributed by atoms with Gasteiger partial charge in [-0.05, 0) is 55.8 Å². The Morgan fingerprint density at radius 1 is 1.00 bits per heavy atom. The Morgan fingerprint density at radius 2 is 1.72 bits per heavy atom. The Morgan fingerprint density at radius 3 is 2.38 bits per heavy atom. The first-order chi connectivity index (χ1) is 13.6. The van der Waals surface area contributed by atoms with Crippen LogP contribution in [-0.4, -0.2) is 44.7 Å². The van der Waals surface area contributed by atoms with Crippen molar-refractivity contribution in [2.24, 2.45) is 4.99 Å². The van der Waals surface area contributed by atoms with Crippen LogP contribution < -0.4 is 15.4 Å². The van der Waals surface area contributed by atoms with Crippen LogP contribution in [0.3, 0.4) is 0 Å². The fraction of sp³-hybridized carbons (Fsp3) is 0.435. The quantitative estimate of drug-likeness (QED) is 0.288. The van der Waals surface area contributed by atoms with Crippen molar-refractivity contribution < 1.29 is 4.74 Å². The number of nitrogens with zero attached hydrogens (tertiary/aromatic N) is 2. The van der Waals surface area contributed by atoms with Gasteiger partial charge < -0.3 is 20.3 Å². The summed E-state index contributed by atoms with van der Waals surface area (Å²) in [5, 5.41) is 6.75. The van der Waals surface area contributed by atoms with E-state index < -0.39 is 0 Å². The molecule has 2 rings (SSSR count). The maximum atomic E-state index is 5.21. The molecule has 0 unspecified atom stereocenters. The summed E-state index contributed by atoms with van der Waals surface area (Å²) in [6.07, 6.45) is 0.938. The normalized spacial score (nSPS) is 11.1. The van der Waals surface area contributed by atoms with Gasteiger partial charge in [0.1, 0.15) is 5.75 Å². The number of guanidine groups is 1. The van der Waals surface area contributed by atoms with Crippen molar-refractivity contribution in [3.05, 3.63) is 65.2 Å². The van der Waals surface area contributed by atoms with Gasteiger partial charge in [0.15, 0.2) is 5.96 Å². The number of rotatable bonds is 10. The highest BCUT2D eigenvalue weighted by Crippen LogP contribution is 2.11. The molecule has 0 heterocycles. The molecule has 0 spiro atoms. The number of hydrogen-bond donors (Lipinski definition) is 2. The second kappa shape index (κ2) is 14.2. The molecule has 0 saturated heterocycles. The molecule has 2 N–H and O–H groups in total. The van der Waals surface area contributed by atoms with E-state index in [0.29, 0.717) is 6.54 Å². The highest BCUT2D eigenvalue weighted by Gasteiger charge is 2.02. The van der Waals surface area contributed by atoms with E-state index in [1.54, 1.807) is 7.11 Å². The third-order valence-electron chi connectivity index (χ3n) is 4.61. The Kier molecular flexibility index (Phi) is 12.4. The predicted octanol–water partition coefficient (Wildman–Crippen LogP) is 4.06. The minimum absolute atomic E-state index is 0. The van der Waals surface area contributed by atoms with Gasteiger partial charge in [0, 0.05) is 19.6 Å². The number of nitrogens with one attached hydrogen (secondary N) is 2. The third-order valence-corrected chi connectivity index (χ3v) is 4.61. The Balaban J connectivity index is 0.00000420. The Labute approximate surface area is 193 Å². The van der Waals surface area contributed by atoms with Crippen molar-refractivity contribution in [1.29, 1.82) is 0 Å². The minimum atomic E-state index is 0. The summed E-state index contributed by atoms with van der Waals surface area (Å²) >= 11 is 0. The molecule has 0 radical (unpaired) electrons. The molecule has 0 aliphatic heterocycles. The molecule has 5 nitrogen and oxygen atoms in total. The number of aliphatic imine (C=N–C) groups is 1. The van der Waals surface area contributed by atoms with Crippen molar-refractivity contribution in [3.8, 4) is 5.75 Å². The molecule has 0 atom stereocenters. The first-order valence-corrected chi connectivity index (χ1v) is 10.1. The Hall–Kier alpha value is -1.80.